The summed E-state index contributed by atoms with van der Waals surface area (Å²) in [6, 6.07) is 19.6. The zero-order valence-corrected chi connectivity index (χ0v) is 21.1. The Morgan fingerprint density at radius 2 is 1.89 bits per heavy atom. The van der Waals surface area contributed by atoms with Crippen LogP contribution in [-0.4, -0.2) is 25.7 Å². The van der Waals surface area contributed by atoms with E-state index in [2.05, 4.69) is 20.5 Å². The summed E-state index contributed by atoms with van der Waals surface area (Å²) in [6.45, 7) is 2.13. The van der Waals surface area contributed by atoms with Crippen LogP contribution >= 0.6 is 22.9 Å². The molecule has 5 rings (SSSR count). The molecule has 0 saturated heterocycles. The van der Waals surface area contributed by atoms with Gasteiger partial charge in [-0.2, -0.15) is 0 Å². The van der Waals surface area contributed by atoms with Gasteiger partial charge in [0, 0.05) is 29.4 Å². The maximum atomic E-state index is 12.8. The van der Waals surface area contributed by atoms with Crippen LogP contribution in [-0.2, 0) is 13.2 Å². The van der Waals surface area contributed by atoms with Crippen LogP contribution < -0.4 is 15.6 Å². The minimum atomic E-state index is -0.352. The maximum Gasteiger partial charge on any atom is 0.263 e. The predicted molar refractivity (Wildman–Crippen MR) is 139 cm³/mol. The van der Waals surface area contributed by atoms with Crippen molar-refractivity contribution in [3.63, 3.8) is 0 Å². The van der Waals surface area contributed by atoms with Crippen molar-refractivity contribution >= 4 is 28.8 Å². The van der Waals surface area contributed by atoms with E-state index in [1.54, 1.807) is 43.5 Å². The van der Waals surface area contributed by atoms with Crippen molar-refractivity contribution < 1.29 is 13.9 Å². The number of hydrogen-bond donors (Lipinski definition) is 1. The number of carbonyl (C=O) groups excluding carboxylic acids is 1. The van der Waals surface area contributed by atoms with Crippen LogP contribution in [0, 0.1) is 6.92 Å². The summed E-state index contributed by atoms with van der Waals surface area (Å²) in [6.07, 6.45) is 1.55. The molecule has 2 aromatic carbocycles. The average molecular weight is 534 g/mol. The second kappa shape index (κ2) is 10.8. The van der Waals surface area contributed by atoms with Crippen molar-refractivity contribution in [3.8, 4) is 22.3 Å². The fourth-order valence-electron chi connectivity index (χ4n) is 3.43. The van der Waals surface area contributed by atoms with E-state index in [1.165, 1.54) is 10.6 Å². The highest BCUT2D eigenvalue weighted by Crippen LogP contribution is 2.23. The molecule has 0 bridgehead atoms. The number of rotatable bonds is 8. The molecule has 1 N–H and O–H groups in total. The van der Waals surface area contributed by atoms with Crippen LogP contribution in [0.3, 0.4) is 0 Å². The van der Waals surface area contributed by atoms with E-state index < -0.39 is 0 Å². The minimum Gasteiger partial charge on any atom is -0.484 e. The zero-order valence-electron chi connectivity index (χ0n) is 19.6. The molecule has 0 radical (unpaired) electrons. The molecule has 37 heavy (non-hydrogen) atoms. The van der Waals surface area contributed by atoms with Gasteiger partial charge in [-0.05, 0) is 42.8 Å². The number of carbonyl (C=O) groups is 1. The van der Waals surface area contributed by atoms with Gasteiger partial charge in [-0.25, -0.2) is 4.98 Å². The van der Waals surface area contributed by atoms with Crippen LogP contribution in [0.15, 0.2) is 82.1 Å². The van der Waals surface area contributed by atoms with Crippen molar-refractivity contribution in [3.05, 3.63) is 110 Å². The Hall–Kier alpha value is -4.28. The molecule has 0 atom stereocenters. The van der Waals surface area contributed by atoms with E-state index in [-0.39, 0.29) is 24.0 Å². The van der Waals surface area contributed by atoms with E-state index in [4.69, 9.17) is 20.8 Å². The largest absolute Gasteiger partial charge is 0.484 e. The van der Waals surface area contributed by atoms with Crippen LogP contribution in [0.1, 0.15) is 26.8 Å². The lowest BCUT2D eigenvalue weighted by atomic mass is 10.2. The standard InChI is InChI=1S/C26H20ClN5O4S/c1-16-23(24(34)28-14-17-5-3-2-4-6-17)37-26(29-16)32-12-11-20(13-22(32)33)35-15-21-30-31-25(36-21)18-7-9-19(27)10-8-18/h2-13H,14-15H2,1H3,(H,28,34). The number of aromatic nitrogens is 4. The SMILES string of the molecule is Cc1nc(-n2ccc(OCc3nnc(-c4ccc(Cl)cc4)o3)cc2=O)sc1C(=O)NCc1ccccc1. The van der Waals surface area contributed by atoms with Gasteiger partial charge in [-0.1, -0.05) is 53.3 Å². The monoisotopic (exact) mass is 533 g/mol. The van der Waals surface area contributed by atoms with Crippen molar-refractivity contribution in [1.82, 2.24) is 25.1 Å². The highest BCUT2D eigenvalue weighted by molar-refractivity contribution is 7.16. The molecule has 3 heterocycles. The molecule has 3 aromatic heterocycles. The van der Waals surface area contributed by atoms with Crippen LogP contribution in [0.5, 0.6) is 5.75 Å². The summed E-state index contributed by atoms with van der Waals surface area (Å²) in [7, 11) is 0. The number of pyridine rings is 1. The number of ether oxygens (including phenoxy) is 1. The highest BCUT2D eigenvalue weighted by atomic mass is 35.5. The second-order valence-corrected chi connectivity index (χ2v) is 9.36. The highest BCUT2D eigenvalue weighted by Gasteiger charge is 2.17. The molecule has 5 aromatic rings. The van der Waals surface area contributed by atoms with E-state index in [0.29, 0.717) is 38.9 Å². The summed E-state index contributed by atoms with van der Waals surface area (Å²) >= 11 is 7.05. The van der Waals surface area contributed by atoms with Crippen LogP contribution in [0.4, 0.5) is 0 Å². The van der Waals surface area contributed by atoms with Crippen molar-refractivity contribution in [2.24, 2.45) is 0 Å². The Bertz CT molecular complexity index is 1600. The van der Waals surface area contributed by atoms with Crippen molar-refractivity contribution in [2.75, 3.05) is 0 Å². The lowest BCUT2D eigenvalue weighted by molar-refractivity contribution is 0.0954. The van der Waals surface area contributed by atoms with Gasteiger partial charge in [-0.3, -0.25) is 14.2 Å². The van der Waals surface area contributed by atoms with E-state index >= 15 is 0 Å². The van der Waals surface area contributed by atoms with Gasteiger partial charge in [0.05, 0.1) is 5.69 Å². The summed E-state index contributed by atoms with van der Waals surface area (Å²) in [5, 5.41) is 11.9. The molecule has 0 aliphatic rings. The number of benzene rings is 2. The molecular formula is C26H20ClN5O4S. The van der Waals surface area contributed by atoms with Crippen LogP contribution in [0.25, 0.3) is 16.6 Å². The van der Waals surface area contributed by atoms with Crippen LogP contribution in [0.2, 0.25) is 5.02 Å². The van der Waals surface area contributed by atoms with E-state index in [9.17, 15) is 9.59 Å². The Labute approximate surface area is 220 Å². The molecular weight excluding hydrogens is 514 g/mol. The molecule has 1 amide bonds. The molecule has 0 spiro atoms. The maximum absolute atomic E-state index is 12.8. The summed E-state index contributed by atoms with van der Waals surface area (Å²) < 4.78 is 12.6. The molecule has 186 valence electrons. The molecule has 0 saturated carbocycles. The summed E-state index contributed by atoms with van der Waals surface area (Å²) in [4.78, 5) is 30.3. The molecule has 11 heteroatoms. The van der Waals surface area contributed by atoms with Gasteiger partial charge in [-0.15, -0.1) is 10.2 Å². The number of thiazole rings is 1. The quantitative estimate of drug-likeness (QED) is 0.304. The Morgan fingerprint density at radius 3 is 2.65 bits per heavy atom. The summed E-state index contributed by atoms with van der Waals surface area (Å²) in [5.41, 5.74) is 1.92. The number of halogens is 1. The molecule has 0 aliphatic carbocycles. The molecule has 0 fully saturated rings. The van der Waals surface area contributed by atoms with Gasteiger partial charge in [0.15, 0.2) is 11.7 Å². The predicted octanol–water partition coefficient (Wildman–Crippen LogP) is 4.81. The van der Waals surface area contributed by atoms with Gasteiger partial charge in [0.1, 0.15) is 10.6 Å². The summed E-state index contributed by atoms with van der Waals surface area (Å²) in [5.74, 6) is 0.696. The Balaban J connectivity index is 1.24. The fourth-order valence-corrected chi connectivity index (χ4v) is 4.53. The average Bonchev–Trinajstić information content (AvgIpc) is 3.54. The topological polar surface area (TPSA) is 112 Å². The third-order valence-corrected chi connectivity index (χ3v) is 6.71. The molecule has 0 unspecified atom stereocenters. The lowest BCUT2D eigenvalue weighted by Crippen LogP contribution is -2.22. The number of hydrogen-bond acceptors (Lipinski definition) is 8. The second-order valence-electron chi connectivity index (χ2n) is 7.95. The number of aryl methyl sites for hydroxylation is 1. The molecule has 9 nitrogen and oxygen atoms in total. The van der Waals surface area contributed by atoms with E-state index in [0.717, 1.165) is 22.5 Å². The smallest absolute Gasteiger partial charge is 0.263 e. The fraction of sp³-hybridized carbons (Fsp3) is 0.115. The van der Waals surface area contributed by atoms with Gasteiger partial charge in [0.25, 0.3) is 17.4 Å². The number of amides is 1. The number of nitrogens with one attached hydrogen (secondary N) is 1. The van der Waals surface area contributed by atoms with Crippen molar-refractivity contribution in [1.29, 1.82) is 0 Å². The first-order valence-electron chi connectivity index (χ1n) is 11.2. The first-order valence-corrected chi connectivity index (χ1v) is 12.4. The van der Waals surface area contributed by atoms with Gasteiger partial charge in [0.2, 0.25) is 5.89 Å². The third-order valence-electron chi connectivity index (χ3n) is 5.30. The number of nitrogens with zero attached hydrogens (tertiary/aromatic N) is 4. The van der Waals surface area contributed by atoms with E-state index in [1.807, 2.05) is 30.3 Å². The normalized spacial score (nSPS) is 10.9. The Morgan fingerprint density at radius 1 is 1.11 bits per heavy atom. The first kappa shape index (κ1) is 24.4. The lowest BCUT2D eigenvalue weighted by Gasteiger charge is -2.05. The minimum absolute atomic E-state index is 0.00780. The van der Waals surface area contributed by atoms with Crippen molar-refractivity contribution in [2.45, 2.75) is 20.1 Å². The molecule has 0 aliphatic heterocycles. The first-order chi connectivity index (χ1) is 18.0. The van der Waals surface area contributed by atoms with Gasteiger partial charge >= 0.3 is 0 Å². The van der Waals surface area contributed by atoms with Gasteiger partial charge < -0.3 is 14.5 Å². The third kappa shape index (κ3) is 5.76. The Kier molecular flexibility index (Phi) is 7.11. The zero-order chi connectivity index (χ0) is 25.8.